The van der Waals surface area contributed by atoms with Crippen molar-refractivity contribution in [2.24, 2.45) is 0 Å². The topological polar surface area (TPSA) is 32.7 Å². The minimum Gasteiger partial charge on any atom is -0.395 e. The first-order chi connectivity index (χ1) is 9.24. The van der Waals surface area contributed by atoms with Crippen molar-refractivity contribution < 1.29 is 9.84 Å². The second kappa shape index (κ2) is 7.30. The molecular formula is C15H29NO2S. The van der Waals surface area contributed by atoms with E-state index in [1.54, 1.807) is 0 Å². The molecule has 0 aromatic rings. The van der Waals surface area contributed by atoms with Crippen LogP contribution in [0.4, 0.5) is 0 Å². The van der Waals surface area contributed by atoms with Crippen molar-refractivity contribution in [2.75, 3.05) is 31.3 Å². The van der Waals surface area contributed by atoms with E-state index in [4.69, 9.17) is 4.74 Å². The fraction of sp³-hybridized carbons (Fsp3) is 1.00. The molecule has 0 amide bonds. The van der Waals surface area contributed by atoms with Crippen LogP contribution >= 0.6 is 11.8 Å². The molecule has 1 N–H and O–H groups in total. The predicted molar refractivity (Wildman–Crippen MR) is 81.8 cm³/mol. The second-order valence-electron chi connectivity index (χ2n) is 5.91. The highest BCUT2D eigenvalue weighted by Gasteiger charge is 2.42. The molecule has 0 aliphatic carbocycles. The van der Waals surface area contributed by atoms with E-state index in [2.05, 4.69) is 18.7 Å². The summed E-state index contributed by atoms with van der Waals surface area (Å²) in [7, 11) is 0. The zero-order valence-electron chi connectivity index (χ0n) is 12.4. The van der Waals surface area contributed by atoms with Gasteiger partial charge in [-0.2, -0.15) is 11.8 Å². The van der Waals surface area contributed by atoms with Crippen molar-refractivity contribution in [3.8, 4) is 0 Å². The third-order valence-electron chi connectivity index (χ3n) is 4.77. The highest BCUT2D eigenvalue weighted by atomic mass is 32.2. The Morgan fingerprint density at radius 3 is 2.79 bits per heavy atom. The van der Waals surface area contributed by atoms with Gasteiger partial charge in [-0.1, -0.05) is 13.8 Å². The maximum absolute atomic E-state index is 9.39. The van der Waals surface area contributed by atoms with Gasteiger partial charge in [-0.25, -0.2) is 0 Å². The van der Waals surface area contributed by atoms with Gasteiger partial charge in [-0.05, 0) is 37.9 Å². The van der Waals surface area contributed by atoms with Gasteiger partial charge in [0, 0.05) is 31.0 Å². The number of aliphatic hydroxyl groups excluding tert-OH is 1. The Hall–Kier alpha value is 0.230. The summed E-state index contributed by atoms with van der Waals surface area (Å²) in [5.74, 6) is 2.41. The fourth-order valence-corrected chi connectivity index (χ4v) is 5.06. The number of aliphatic hydroxyl groups is 1. The Kier molecular flexibility index (Phi) is 6.00. The van der Waals surface area contributed by atoms with Crippen LogP contribution in [-0.4, -0.2) is 59.0 Å². The van der Waals surface area contributed by atoms with Crippen LogP contribution in [0.25, 0.3) is 0 Å². The van der Waals surface area contributed by atoms with Gasteiger partial charge >= 0.3 is 0 Å². The molecule has 2 saturated heterocycles. The van der Waals surface area contributed by atoms with Crippen molar-refractivity contribution in [1.29, 1.82) is 0 Å². The summed E-state index contributed by atoms with van der Waals surface area (Å²) in [5, 5.41) is 9.39. The number of nitrogens with zero attached hydrogens (tertiary/aromatic N) is 1. The quantitative estimate of drug-likeness (QED) is 0.814. The number of hydrogen-bond donors (Lipinski definition) is 1. The summed E-state index contributed by atoms with van der Waals surface area (Å²) in [6.45, 7) is 6.52. The fourth-order valence-electron chi connectivity index (χ4n) is 3.68. The molecular weight excluding hydrogens is 258 g/mol. The van der Waals surface area contributed by atoms with E-state index in [1.165, 1.54) is 30.8 Å². The molecule has 2 rings (SSSR count). The molecule has 0 aromatic carbocycles. The second-order valence-corrected chi connectivity index (χ2v) is 7.02. The highest BCUT2D eigenvalue weighted by molar-refractivity contribution is 7.99. The molecule has 2 unspecified atom stereocenters. The highest BCUT2D eigenvalue weighted by Crippen LogP contribution is 2.40. The van der Waals surface area contributed by atoms with Gasteiger partial charge in [-0.15, -0.1) is 0 Å². The molecule has 19 heavy (non-hydrogen) atoms. The summed E-state index contributed by atoms with van der Waals surface area (Å²) in [6, 6.07) is 1.21. The van der Waals surface area contributed by atoms with Gasteiger partial charge in [0.15, 0.2) is 0 Å². The van der Waals surface area contributed by atoms with E-state index >= 15 is 0 Å². The van der Waals surface area contributed by atoms with Gasteiger partial charge in [0.2, 0.25) is 0 Å². The molecule has 2 aliphatic heterocycles. The van der Waals surface area contributed by atoms with Crippen molar-refractivity contribution in [1.82, 2.24) is 4.90 Å². The molecule has 2 aliphatic rings. The van der Waals surface area contributed by atoms with Gasteiger partial charge in [0.25, 0.3) is 0 Å². The Bertz CT molecular complexity index is 265. The molecule has 0 bridgehead atoms. The van der Waals surface area contributed by atoms with Crippen LogP contribution in [0.5, 0.6) is 0 Å². The summed E-state index contributed by atoms with van der Waals surface area (Å²) in [6.07, 6.45) is 5.86. The lowest BCUT2D eigenvalue weighted by atomic mass is 9.88. The Morgan fingerprint density at radius 1 is 1.42 bits per heavy atom. The van der Waals surface area contributed by atoms with Crippen molar-refractivity contribution in [2.45, 2.75) is 63.6 Å². The van der Waals surface area contributed by atoms with Crippen LogP contribution in [0.3, 0.4) is 0 Å². The zero-order chi connectivity index (χ0) is 13.7. The predicted octanol–water partition coefficient (Wildman–Crippen LogP) is 2.52. The first-order valence-electron chi connectivity index (χ1n) is 7.83. The number of rotatable bonds is 6. The van der Waals surface area contributed by atoms with Crippen LogP contribution < -0.4 is 0 Å². The summed E-state index contributed by atoms with van der Waals surface area (Å²) < 4.78 is 6.12. The van der Waals surface area contributed by atoms with Gasteiger partial charge in [-0.3, -0.25) is 4.90 Å². The summed E-state index contributed by atoms with van der Waals surface area (Å²) in [4.78, 5) is 2.56. The van der Waals surface area contributed by atoms with E-state index in [-0.39, 0.29) is 12.2 Å². The van der Waals surface area contributed by atoms with E-state index < -0.39 is 0 Å². The molecule has 4 heteroatoms. The van der Waals surface area contributed by atoms with E-state index in [0.29, 0.717) is 12.1 Å². The van der Waals surface area contributed by atoms with Gasteiger partial charge in [0.1, 0.15) is 0 Å². The van der Waals surface area contributed by atoms with Crippen LogP contribution in [0, 0.1) is 0 Å². The molecule has 2 heterocycles. The van der Waals surface area contributed by atoms with Crippen molar-refractivity contribution in [3.63, 3.8) is 0 Å². The maximum Gasteiger partial charge on any atom is 0.0795 e. The maximum atomic E-state index is 9.39. The molecule has 2 fully saturated rings. The Labute approximate surface area is 122 Å². The van der Waals surface area contributed by atoms with Crippen LogP contribution in [0.1, 0.15) is 46.0 Å². The van der Waals surface area contributed by atoms with E-state index in [9.17, 15) is 5.11 Å². The average Bonchev–Trinajstić information content (AvgIpc) is 2.87. The Morgan fingerprint density at radius 2 is 2.21 bits per heavy atom. The lowest BCUT2D eigenvalue weighted by molar-refractivity contribution is -0.0972. The lowest BCUT2D eigenvalue weighted by Gasteiger charge is -2.45. The first-order valence-corrected chi connectivity index (χ1v) is 8.98. The lowest BCUT2D eigenvalue weighted by Crippen LogP contribution is -2.52. The summed E-state index contributed by atoms with van der Waals surface area (Å²) in [5.41, 5.74) is 0.146. The third kappa shape index (κ3) is 3.66. The molecule has 0 saturated carbocycles. The summed E-state index contributed by atoms with van der Waals surface area (Å²) >= 11 is 2.03. The first kappa shape index (κ1) is 15.6. The third-order valence-corrected chi connectivity index (χ3v) is 6.00. The van der Waals surface area contributed by atoms with Crippen molar-refractivity contribution >= 4 is 11.8 Å². The standard InChI is InChI=1S/C15H29NO2S/c1-3-13(4-2)16(7-8-17)14-5-9-18-15(11-14)6-10-19-12-15/h13-14,17H,3-12H2,1-2H3. The Balaban J connectivity index is 2.03. The molecule has 0 radical (unpaired) electrons. The minimum atomic E-state index is 0.146. The van der Waals surface area contributed by atoms with E-state index in [0.717, 1.165) is 26.0 Å². The van der Waals surface area contributed by atoms with Gasteiger partial charge < -0.3 is 9.84 Å². The molecule has 112 valence electrons. The molecule has 1 spiro atoms. The largest absolute Gasteiger partial charge is 0.395 e. The SMILES string of the molecule is CCC(CC)N(CCO)C1CCOC2(CCSC2)C1. The monoisotopic (exact) mass is 287 g/mol. The molecule has 3 nitrogen and oxygen atoms in total. The number of hydrogen-bond acceptors (Lipinski definition) is 4. The van der Waals surface area contributed by atoms with Crippen LogP contribution in [-0.2, 0) is 4.74 Å². The van der Waals surface area contributed by atoms with Crippen LogP contribution in [0.2, 0.25) is 0 Å². The zero-order valence-corrected chi connectivity index (χ0v) is 13.3. The van der Waals surface area contributed by atoms with E-state index in [1.807, 2.05) is 11.8 Å². The van der Waals surface area contributed by atoms with Crippen molar-refractivity contribution in [3.05, 3.63) is 0 Å². The molecule has 0 aromatic heterocycles. The number of ether oxygens (including phenoxy) is 1. The molecule has 2 atom stereocenters. The van der Waals surface area contributed by atoms with Gasteiger partial charge in [0.05, 0.1) is 12.2 Å². The number of thioether (sulfide) groups is 1. The average molecular weight is 287 g/mol. The van der Waals surface area contributed by atoms with Crippen LogP contribution in [0.15, 0.2) is 0 Å². The normalized spacial score (nSPS) is 31.7. The minimum absolute atomic E-state index is 0.146. The smallest absolute Gasteiger partial charge is 0.0795 e.